The van der Waals surface area contributed by atoms with Crippen LogP contribution in [0, 0.1) is 0 Å². The lowest BCUT2D eigenvalue weighted by atomic mass is 10.2. The zero-order chi connectivity index (χ0) is 18.7. The van der Waals surface area contributed by atoms with Crippen molar-refractivity contribution in [2.75, 3.05) is 12.5 Å². The Labute approximate surface area is 140 Å². The van der Waals surface area contributed by atoms with Crippen molar-refractivity contribution in [1.29, 1.82) is 0 Å². The first-order chi connectivity index (χ1) is 11.6. The van der Waals surface area contributed by atoms with E-state index in [-0.39, 0.29) is 16.3 Å². The van der Waals surface area contributed by atoms with Crippen LogP contribution >= 0.6 is 0 Å². The Kier molecular flexibility index (Phi) is 5.28. The fourth-order valence-electron chi connectivity index (χ4n) is 1.70. The van der Waals surface area contributed by atoms with Crippen LogP contribution in [0.2, 0.25) is 0 Å². The monoisotopic (exact) mass is 375 g/mol. The van der Waals surface area contributed by atoms with Crippen molar-refractivity contribution in [3.8, 4) is 0 Å². The van der Waals surface area contributed by atoms with E-state index >= 15 is 0 Å². The molecule has 0 bridgehead atoms. The topological polar surface area (TPSA) is 97.4 Å². The molecule has 0 aliphatic carbocycles. The van der Waals surface area contributed by atoms with E-state index in [1.165, 1.54) is 31.4 Å². The van der Waals surface area contributed by atoms with E-state index in [0.717, 1.165) is 12.1 Å². The van der Waals surface area contributed by atoms with Crippen LogP contribution in [0.3, 0.4) is 0 Å². The summed E-state index contributed by atoms with van der Waals surface area (Å²) in [6, 6.07) is 6.61. The molecular weight excluding hydrogens is 363 g/mol. The molecule has 1 aromatic heterocycles. The molecule has 1 aromatic carbocycles. The van der Waals surface area contributed by atoms with Crippen molar-refractivity contribution in [2.45, 2.75) is 11.1 Å². The highest BCUT2D eigenvalue weighted by atomic mass is 32.2. The van der Waals surface area contributed by atoms with Crippen molar-refractivity contribution in [3.05, 3.63) is 53.7 Å². The van der Waals surface area contributed by atoms with E-state index in [9.17, 15) is 26.4 Å². The van der Waals surface area contributed by atoms with Crippen LogP contribution in [-0.4, -0.2) is 26.5 Å². The molecular formula is C14H12F3N3O4S. The summed E-state index contributed by atoms with van der Waals surface area (Å²) in [6.45, 7) is 0. The second-order valence-corrected chi connectivity index (χ2v) is 6.36. The van der Waals surface area contributed by atoms with Crippen LogP contribution in [0.4, 0.5) is 19.0 Å². The normalized spacial score (nSPS) is 11.8. The van der Waals surface area contributed by atoms with Gasteiger partial charge in [-0.2, -0.15) is 13.2 Å². The van der Waals surface area contributed by atoms with E-state index in [1.54, 1.807) is 0 Å². The molecule has 0 atom stereocenters. The maximum absolute atomic E-state index is 12.4. The zero-order valence-corrected chi connectivity index (χ0v) is 13.5. The number of nitrogens with zero attached hydrogens (tertiary/aromatic N) is 1. The number of hydrogen-bond acceptors (Lipinski definition) is 6. The number of hydrogen-bond donors (Lipinski definition) is 2. The minimum absolute atomic E-state index is 0.122. The van der Waals surface area contributed by atoms with Crippen LogP contribution in [0.25, 0.3) is 0 Å². The number of nitrogens with one attached hydrogen (secondary N) is 2. The SMILES string of the molecule is COC(=O)c1ccc(S(=O)(=O)NNc2ccc(C(F)(F)F)cn2)cc1. The summed E-state index contributed by atoms with van der Waals surface area (Å²) in [7, 11) is -2.83. The molecule has 1 heterocycles. The summed E-state index contributed by atoms with van der Waals surface area (Å²) in [4.78, 5) is 16.6. The molecule has 0 spiro atoms. The summed E-state index contributed by atoms with van der Waals surface area (Å²) in [5.74, 6) is -0.744. The van der Waals surface area contributed by atoms with Gasteiger partial charge in [0.05, 0.1) is 23.1 Å². The molecule has 25 heavy (non-hydrogen) atoms. The van der Waals surface area contributed by atoms with Crippen LogP contribution in [-0.2, 0) is 20.9 Å². The van der Waals surface area contributed by atoms with Gasteiger partial charge in [0, 0.05) is 6.20 Å². The summed E-state index contributed by atoms with van der Waals surface area (Å²) >= 11 is 0. The molecule has 11 heteroatoms. The van der Waals surface area contributed by atoms with Gasteiger partial charge in [0.15, 0.2) is 0 Å². The number of hydrazine groups is 1. The minimum atomic E-state index is -4.54. The van der Waals surface area contributed by atoms with Gasteiger partial charge in [0.25, 0.3) is 10.0 Å². The third kappa shape index (κ3) is 4.67. The second kappa shape index (κ2) is 7.07. The molecule has 0 amide bonds. The average Bonchev–Trinajstić information content (AvgIpc) is 2.59. The Morgan fingerprint density at radius 1 is 1.12 bits per heavy atom. The smallest absolute Gasteiger partial charge is 0.417 e. The maximum Gasteiger partial charge on any atom is 0.417 e. The van der Waals surface area contributed by atoms with Crippen LogP contribution in [0.1, 0.15) is 15.9 Å². The lowest BCUT2D eigenvalue weighted by Crippen LogP contribution is -2.30. The highest BCUT2D eigenvalue weighted by Crippen LogP contribution is 2.28. The van der Waals surface area contributed by atoms with Crippen LogP contribution in [0.15, 0.2) is 47.5 Å². The van der Waals surface area contributed by atoms with Gasteiger partial charge in [-0.1, -0.05) is 0 Å². The number of ether oxygens (including phenoxy) is 1. The van der Waals surface area contributed by atoms with Gasteiger partial charge in [-0.15, -0.1) is 4.83 Å². The molecule has 2 N–H and O–H groups in total. The number of benzene rings is 1. The van der Waals surface area contributed by atoms with Crippen LogP contribution < -0.4 is 10.3 Å². The first-order valence-corrected chi connectivity index (χ1v) is 8.11. The van der Waals surface area contributed by atoms with Gasteiger partial charge in [0.2, 0.25) is 0 Å². The fraction of sp³-hybridized carbons (Fsp3) is 0.143. The van der Waals surface area contributed by atoms with Crippen molar-refractivity contribution in [3.63, 3.8) is 0 Å². The summed E-state index contributed by atoms with van der Waals surface area (Å²) in [6.07, 6.45) is -3.96. The number of carbonyl (C=O) groups excluding carboxylic acids is 1. The molecule has 134 valence electrons. The molecule has 0 saturated carbocycles. The highest BCUT2D eigenvalue weighted by Gasteiger charge is 2.30. The van der Waals surface area contributed by atoms with Gasteiger partial charge in [-0.05, 0) is 36.4 Å². The predicted molar refractivity (Wildman–Crippen MR) is 81.0 cm³/mol. The first-order valence-electron chi connectivity index (χ1n) is 6.63. The quantitative estimate of drug-likeness (QED) is 0.614. The molecule has 0 saturated heterocycles. The third-order valence-electron chi connectivity index (χ3n) is 2.99. The van der Waals surface area contributed by atoms with Crippen molar-refractivity contribution >= 4 is 21.8 Å². The van der Waals surface area contributed by atoms with Crippen LogP contribution in [0.5, 0.6) is 0 Å². The van der Waals surface area contributed by atoms with Gasteiger partial charge in [-0.25, -0.2) is 18.2 Å². The fourth-order valence-corrected chi connectivity index (χ4v) is 2.55. The Morgan fingerprint density at radius 3 is 2.24 bits per heavy atom. The number of rotatable bonds is 5. The molecule has 0 fully saturated rings. The van der Waals surface area contributed by atoms with Gasteiger partial charge < -0.3 is 4.74 Å². The lowest BCUT2D eigenvalue weighted by molar-refractivity contribution is -0.137. The lowest BCUT2D eigenvalue weighted by Gasteiger charge is -2.10. The molecule has 2 rings (SSSR count). The largest absolute Gasteiger partial charge is 0.465 e. The second-order valence-electron chi connectivity index (χ2n) is 4.68. The molecule has 2 aromatic rings. The number of methoxy groups -OCH3 is 1. The summed E-state index contributed by atoms with van der Waals surface area (Å²) in [5, 5.41) is 0. The van der Waals surface area contributed by atoms with Crippen molar-refractivity contribution in [1.82, 2.24) is 9.82 Å². The third-order valence-corrected chi connectivity index (χ3v) is 4.25. The Bertz CT molecular complexity index is 850. The number of aromatic nitrogens is 1. The first kappa shape index (κ1) is 18.7. The highest BCUT2D eigenvalue weighted by molar-refractivity contribution is 7.89. The number of pyridine rings is 1. The Balaban J connectivity index is 2.07. The summed E-state index contributed by atoms with van der Waals surface area (Å²) in [5.41, 5.74) is 1.41. The van der Waals surface area contributed by atoms with Crippen molar-refractivity contribution in [2.24, 2.45) is 0 Å². The standard InChI is InChI=1S/C14H12F3N3O4S/c1-24-13(21)9-2-5-11(6-3-9)25(22,23)20-19-12-7-4-10(8-18-12)14(15,16)17/h2-8,20H,1H3,(H,18,19). The Hall–Kier alpha value is -2.66. The van der Waals surface area contributed by atoms with E-state index in [2.05, 4.69) is 15.1 Å². The van der Waals surface area contributed by atoms with E-state index < -0.39 is 27.7 Å². The molecule has 7 nitrogen and oxygen atoms in total. The number of alkyl halides is 3. The van der Waals surface area contributed by atoms with E-state index in [0.29, 0.717) is 6.20 Å². The average molecular weight is 375 g/mol. The molecule has 0 radical (unpaired) electrons. The minimum Gasteiger partial charge on any atom is -0.465 e. The van der Waals surface area contributed by atoms with Gasteiger partial charge in [0.1, 0.15) is 5.82 Å². The van der Waals surface area contributed by atoms with Gasteiger partial charge >= 0.3 is 12.1 Å². The van der Waals surface area contributed by atoms with Gasteiger partial charge in [-0.3, -0.25) is 5.43 Å². The molecule has 0 aliphatic rings. The van der Waals surface area contributed by atoms with E-state index in [4.69, 9.17) is 0 Å². The zero-order valence-electron chi connectivity index (χ0n) is 12.7. The molecule has 0 aliphatic heterocycles. The maximum atomic E-state index is 12.4. The van der Waals surface area contributed by atoms with Crippen molar-refractivity contribution < 1.29 is 31.1 Å². The number of anilines is 1. The molecule has 0 unspecified atom stereocenters. The number of halogens is 3. The number of carbonyl (C=O) groups is 1. The number of sulfonamides is 1. The summed E-state index contributed by atoms with van der Waals surface area (Å²) < 4.78 is 65.9. The Morgan fingerprint density at radius 2 is 1.76 bits per heavy atom. The van der Waals surface area contributed by atoms with E-state index in [1.807, 2.05) is 4.83 Å². The predicted octanol–water partition coefficient (Wildman–Crippen LogP) is 2.19. The number of esters is 1.